The second-order valence-corrected chi connectivity index (χ2v) is 7.01. The molecule has 0 N–H and O–H groups in total. The van der Waals surface area contributed by atoms with Crippen LogP contribution in [0.1, 0.15) is 52.6 Å². The lowest BCUT2D eigenvalue weighted by molar-refractivity contribution is -0.233. The number of fused-ring (bicyclic) bond motifs is 1. The van der Waals surface area contributed by atoms with Crippen molar-refractivity contribution in [2.24, 2.45) is 0 Å². The summed E-state index contributed by atoms with van der Waals surface area (Å²) in [4.78, 5) is 39.0. The van der Waals surface area contributed by atoms with E-state index in [0.29, 0.717) is 5.56 Å². The highest BCUT2D eigenvalue weighted by molar-refractivity contribution is 6.30. The third kappa shape index (κ3) is 2.22. The van der Waals surface area contributed by atoms with E-state index >= 15 is 0 Å². The lowest BCUT2D eigenvalue weighted by Gasteiger charge is -2.29. The van der Waals surface area contributed by atoms with E-state index < -0.39 is 23.1 Å². The predicted octanol–water partition coefficient (Wildman–Crippen LogP) is 2.56. The molecule has 0 spiro atoms. The summed E-state index contributed by atoms with van der Waals surface area (Å²) in [6, 6.07) is 3.46. The van der Waals surface area contributed by atoms with Crippen LogP contribution in [0.5, 0.6) is 0 Å². The van der Waals surface area contributed by atoms with Crippen LogP contribution < -0.4 is 0 Å². The molecular formula is C20H22O6. The van der Waals surface area contributed by atoms with Crippen LogP contribution in [0.4, 0.5) is 0 Å². The molecule has 2 aliphatic rings. The Morgan fingerprint density at radius 2 is 1.65 bits per heavy atom. The third-order valence-electron chi connectivity index (χ3n) is 5.12. The van der Waals surface area contributed by atoms with Gasteiger partial charge in [-0.05, 0) is 50.5 Å². The molecule has 6 nitrogen and oxygen atoms in total. The molecule has 0 saturated carbocycles. The number of esters is 1. The molecule has 1 heterocycles. The van der Waals surface area contributed by atoms with Crippen molar-refractivity contribution in [3.63, 3.8) is 0 Å². The molecule has 1 atom stereocenters. The Labute approximate surface area is 152 Å². The number of rotatable bonds is 3. The maximum Gasteiger partial charge on any atom is 0.371 e. The molecule has 0 saturated heterocycles. The number of carbonyl (C=O) groups excluding carboxylic acids is 3. The molecule has 1 aliphatic heterocycles. The highest BCUT2D eigenvalue weighted by atomic mass is 16.7. The molecule has 6 heteroatoms. The highest BCUT2D eigenvalue weighted by Gasteiger charge is 2.63. The average molecular weight is 358 g/mol. The first kappa shape index (κ1) is 18.5. The summed E-state index contributed by atoms with van der Waals surface area (Å²) in [5, 5.41) is 0. The molecule has 26 heavy (non-hydrogen) atoms. The maximum atomic E-state index is 13.3. The maximum absolute atomic E-state index is 13.3. The normalized spacial score (nSPS) is 23.8. The molecule has 1 aliphatic carbocycles. The number of carbonyl (C=O) groups is 3. The van der Waals surface area contributed by atoms with Gasteiger partial charge in [-0.2, -0.15) is 0 Å². The van der Waals surface area contributed by atoms with Crippen molar-refractivity contribution in [2.75, 3.05) is 14.2 Å². The first-order chi connectivity index (χ1) is 12.1. The summed E-state index contributed by atoms with van der Waals surface area (Å²) >= 11 is 0. The van der Waals surface area contributed by atoms with E-state index in [1.165, 1.54) is 14.2 Å². The van der Waals surface area contributed by atoms with Gasteiger partial charge in [0.05, 0.1) is 18.3 Å². The fourth-order valence-corrected chi connectivity index (χ4v) is 3.86. The quantitative estimate of drug-likeness (QED) is 0.773. The van der Waals surface area contributed by atoms with E-state index in [0.717, 1.165) is 17.5 Å². The van der Waals surface area contributed by atoms with Gasteiger partial charge in [-0.1, -0.05) is 6.92 Å². The zero-order chi connectivity index (χ0) is 19.4. The number of benzene rings is 1. The number of aryl methyl sites for hydroxylation is 2. The molecule has 0 fully saturated rings. The van der Waals surface area contributed by atoms with Gasteiger partial charge in [-0.25, -0.2) is 4.79 Å². The number of ether oxygens (including phenoxy) is 3. The summed E-state index contributed by atoms with van der Waals surface area (Å²) < 4.78 is 16.0. The Morgan fingerprint density at radius 1 is 1.08 bits per heavy atom. The fraction of sp³-hybridized carbons (Fsp3) is 0.450. The van der Waals surface area contributed by atoms with Crippen molar-refractivity contribution in [1.82, 2.24) is 0 Å². The van der Waals surface area contributed by atoms with Crippen molar-refractivity contribution in [3.05, 3.63) is 45.5 Å². The van der Waals surface area contributed by atoms with Gasteiger partial charge >= 0.3 is 11.8 Å². The van der Waals surface area contributed by atoms with Crippen molar-refractivity contribution in [3.8, 4) is 0 Å². The van der Waals surface area contributed by atoms with Crippen LogP contribution in [-0.4, -0.2) is 43.1 Å². The van der Waals surface area contributed by atoms with Crippen LogP contribution in [0.25, 0.3) is 0 Å². The van der Waals surface area contributed by atoms with E-state index in [4.69, 9.17) is 14.2 Å². The Hall–Kier alpha value is -2.31. The lowest BCUT2D eigenvalue weighted by Crippen LogP contribution is -2.47. The molecular weight excluding hydrogens is 336 g/mol. The zero-order valence-electron chi connectivity index (χ0n) is 15.8. The molecule has 1 aromatic carbocycles. The molecule has 0 amide bonds. The molecule has 1 unspecified atom stereocenters. The summed E-state index contributed by atoms with van der Waals surface area (Å²) in [6.45, 7) is 7.15. The summed E-state index contributed by atoms with van der Waals surface area (Å²) in [5.41, 5.74) is 1.39. The van der Waals surface area contributed by atoms with Gasteiger partial charge in [-0.3, -0.25) is 9.59 Å². The molecule has 138 valence electrons. The third-order valence-corrected chi connectivity index (χ3v) is 5.12. The summed E-state index contributed by atoms with van der Waals surface area (Å²) in [5.74, 6) is -3.68. The second-order valence-electron chi connectivity index (χ2n) is 7.01. The predicted molar refractivity (Wildman–Crippen MR) is 93.2 cm³/mol. The number of hydrogen-bond acceptors (Lipinski definition) is 6. The Balaban J connectivity index is 2.33. The lowest BCUT2D eigenvalue weighted by atomic mass is 9.76. The minimum Gasteiger partial charge on any atom is -0.465 e. The molecule has 1 aromatic rings. The van der Waals surface area contributed by atoms with Gasteiger partial charge < -0.3 is 14.2 Å². The molecule has 0 aromatic heterocycles. The monoisotopic (exact) mass is 358 g/mol. The number of hydrogen-bond donors (Lipinski definition) is 0. The fourth-order valence-electron chi connectivity index (χ4n) is 3.86. The van der Waals surface area contributed by atoms with Gasteiger partial charge in [0.25, 0.3) is 0 Å². The van der Waals surface area contributed by atoms with Gasteiger partial charge in [0.15, 0.2) is 11.6 Å². The summed E-state index contributed by atoms with van der Waals surface area (Å²) in [7, 11) is 2.43. The Morgan fingerprint density at radius 3 is 2.19 bits per heavy atom. The van der Waals surface area contributed by atoms with E-state index in [9.17, 15) is 14.4 Å². The van der Waals surface area contributed by atoms with Crippen LogP contribution in [0.3, 0.4) is 0 Å². The zero-order valence-corrected chi connectivity index (χ0v) is 15.8. The van der Waals surface area contributed by atoms with E-state index in [1.807, 2.05) is 13.8 Å². The van der Waals surface area contributed by atoms with Crippen molar-refractivity contribution >= 4 is 17.5 Å². The van der Waals surface area contributed by atoms with Crippen LogP contribution in [0.15, 0.2) is 23.3 Å². The van der Waals surface area contributed by atoms with E-state index in [1.54, 1.807) is 26.0 Å². The van der Waals surface area contributed by atoms with E-state index in [-0.39, 0.29) is 22.5 Å². The number of methoxy groups -OCH3 is 2. The first-order valence-electron chi connectivity index (χ1n) is 8.46. The minimum atomic E-state index is -2.05. The Bertz CT molecular complexity index is 877. The molecule has 0 bridgehead atoms. The van der Waals surface area contributed by atoms with Gasteiger partial charge in [0.1, 0.15) is 0 Å². The standard InChI is InChI=1S/C20H22O6/c1-7-11-9-13-12(8-10(11)2)16(21)14-15(17(13)22)20(25-6,18(23)24-5)26-19(14,3)4/h8-9H,7H2,1-6H3. The van der Waals surface area contributed by atoms with Crippen molar-refractivity contribution in [1.29, 1.82) is 0 Å². The van der Waals surface area contributed by atoms with Crippen LogP contribution in [-0.2, 0) is 25.4 Å². The molecule has 3 rings (SSSR count). The first-order valence-corrected chi connectivity index (χ1v) is 8.46. The smallest absolute Gasteiger partial charge is 0.371 e. The topological polar surface area (TPSA) is 78.9 Å². The average Bonchev–Trinajstić information content (AvgIpc) is 2.87. The van der Waals surface area contributed by atoms with Gasteiger partial charge in [-0.15, -0.1) is 0 Å². The van der Waals surface area contributed by atoms with Gasteiger partial charge in [0, 0.05) is 23.8 Å². The Kier molecular flexibility index (Phi) is 4.16. The number of Topliss-reactive ketones (excluding diaryl/α,β-unsaturated/α-hetero) is 2. The largest absolute Gasteiger partial charge is 0.465 e. The highest BCUT2D eigenvalue weighted by Crippen LogP contribution is 2.49. The summed E-state index contributed by atoms with van der Waals surface area (Å²) in [6.07, 6.45) is 0.723. The van der Waals surface area contributed by atoms with Crippen LogP contribution >= 0.6 is 0 Å². The molecule has 0 radical (unpaired) electrons. The van der Waals surface area contributed by atoms with Crippen LogP contribution in [0.2, 0.25) is 0 Å². The number of ketones is 2. The van der Waals surface area contributed by atoms with Crippen molar-refractivity contribution in [2.45, 2.75) is 45.5 Å². The van der Waals surface area contributed by atoms with Crippen LogP contribution in [0, 0.1) is 6.92 Å². The SMILES string of the molecule is CCc1cc2c(cc1C)C(=O)C1=C(C2=O)C(OC)(C(=O)OC)OC1(C)C. The van der Waals surface area contributed by atoms with Gasteiger partial charge in [0.2, 0.25) is 0 Å². The second kappa shape index (κ2) is 5.86. The van der Waals surface area contributed by atoms with Crippen molar-refractivity contribution < 1.29 is 28.6 Å². The minimum absolute atomic E-state index is 0.0831. The van der Waals surface area contributed by atoms with E-state index in [2.05, 4.69) is 0 Å².